The molecule has 1 atom stereocenters. The Bertz CT molecular complexity index is 336. The van der Waals surface area contributed by atoms with Crippen molar-refractivity contribution in [3.8, 4) is 6.07 Å². The molecule has 1 aromatic carbocycles. The molecule has 2 nitrogen and oxygen atoms in total. The summed E-state index contributed by atoms with van der Waals surface area (Å²) in [7, 11) is 0. The van der Waals surface area contributed by atoms with Gasteiger partial charge in [0.05, 0.1) is 11.6 Å². The van der Waals surface area contributed by atoms with Gasteiger partial charge in [-0.15, -0.1) is 6.58 Å². The lowest BCUT2D eigenvalue weighted by Crippen LogP contribution is -2.08. The molecular formula is C11H12N2. The monoisotopic (exact) mass is 172 g/mol. The smallest absolute Gasteiger partial charge is 0.0991 e. The Labute approximate surface area is 78.3 Å². The molecule has 0 aliphatic heterocycles. The normalized spacial score (nSPS) is 11.7. The molecular weight excluding hydrogens is 160 g/mol. The maximum absolute atomic E-state index is 8.66. The summed E-state index contributed by atoms with van der Waals surface area (Å²) in [6.45, 7) is 3.62. The predicted molar refractivity (Wildman–Crippen MR) is 52.9 cm³/mol. The van der Waals surface area contributed by atoms with E-state index in [2.05, 4.69) is 12.6 Å². The lowest BCUT2D eigenvalue weighted by atomic mass is 10.0. The van der Waals surface area contributed by atoms with E-state index in [1.807, 2.05) is 18.2 Å². The van der Waals surface area contributed by atoms with Crippen LogP contribution in [0, 0.1) is 11.3 Å². The van der Waals surface area contributed by atoms with Crippen LogP contribution >= 0.6 is 0 Å². The first-order chi connectivity index (χ1) is 6.27. The van der Waals surface area contributed by atoms with Gasteiger partial charge in [0, 0.05) is 6.04 Å². The molecule has 1 aromatic rings. The third kappa shape index (κ3) is 2.43. The Hall–Kier alpha value is -1.59. The fraction of sp³-hybridized carbons (Fsp3) is 0.182. The molecule has 0 aliphatic carbocycles. The summed E-state index contributed by atoms with van der Waals surface area (Å²) >= 11 is 0. The van der Waals surface area contributed by atoms with Crippen molar-refractivity contribution in [3.05, 3.63) is 48.0 Å². The van der Waals surface area contributed by atoms with Crippen molar-refractivity contribution in [3.63, 3.8) is 0 Å². The lowest BCUT2D eigenvalue weighted by molar-refractivity contribution is 0.741. The average Bonchev–Trinajstić information content (AvgIpc) is 2.18. The highest BCUT2D eigenvalue weighted by Crippen LogP contribution is 2.15. The fourth-order valence-corrected chi connectivity index (χ4v) is 1.15. The number of hydrogen-bond acceptors (Lipinski definition) is 2. The molecule has 0 radical (unpaired) electrons. The Morgan fingerprint density at radius 3 is 3.00 bits per heavy atom. The van der Waals surface area contributed by atoms with Crippen LogP contribution in [0.2, 0.25) is 0 Å². The van der Waals surface area contributed by atoms with Crippen molar-refractivity contribution in [1.29, 1.82) is 5.26 Å². The molecule has 2 heteroatoms. The van der Waals surface area contributed by atoms with Gasteiger partial charge in [0.15, 0.2) is 0 Å². The Morgan fingerprint density at radius 1 is 1.62 bits per heavy atom. The number of nitriles is 1. The van der Waals surface area contributed by atoms with Gasteiger partial charge >= 0.3 is 0 Å². The maximum Gasteiger partial charge on any atom is 0.0991 e. The van der Waals surface area contributed by atoms with E-state index >= 15 is 0 Å². The summed E-state index contributed by atoms with van der Waals surface area (Å²) in [5.74, 6) is 0. The van der Waals surface area contributed by atoms with Crippen molar-refractivity contribution in [2.75, 3.05) is 0 Å². The molecule has 0 aliphatic rings. The molecule has 1 rings (SSSR count). The number of nitrogens with two attached hydrogens (primary N) is 1. The van der Waals surface area contributed by atoms with E-state index in [0.717, 1.165) is 12.0 Å². The molecule has 13 heavy (non-hydrogen) atoms. The van der Waals surface area contributed by atoms with Crippen LogP contribution in [0.3, 0.4) is 0 Å². The minimum atomic E-state index is -0.0502. The lowest BCUT2D eigenvalue weighted by Gasteiger charge is -2.08. The largest absolute Gasteiger partial charge is 0.324 e. The molecule has 1 unspecified atom stereocenters. The molecule has 66 valence electrons. The Morgan fingerprint density at radius 2 is 2.38 bits per heavy atom. The summed E-state index contributed by atoms with van der Waals surface area (Å²) in [5.41, 5.74) is 7.48. The summed E-state index contributed by atoms with van der Waals surface area (Å²) in [4.78, 5) is 0. The third-order valence-corrected chi connectivity index (χ3v) is 1.86. The molecule has 0 bridgehead atoms. The number of nitrogens with zero attached hydrogens (tertiary/aromatic N) is 1. The number of benzene rings is 1. The number of rotatable bonds is 3. The van der Waals surface area contributed by atoms with Crippen molar-refractivity contribution in [2.24, 2.45) is 5.73 Å². The molecule has 0 amide bonds. The average molecular weight is 172 g/mol. The van der Waals surface area contributed by atoms with Crippen LogP contribution in [-0.2, 0) is 0 Å². The zero-order valence-electron chi connectivity index (χ0n) is 7.40. The van der Waals surface area contributed by atoms with Crippen LogP contribution < -0.4 is 5.73 Å². The summed E-state index contributed by atoms with van der Waals surface area (Å²) < 4.78 is 0. The van der Waals surface area contributed by atoms with Crippen LogP contribution in [-0.4, -0.2) is 0 Å². The molecule has 2 N–H and O–H groups in total. The fourth-order valence-electron chi connectivity index (χ4n) is 1.15. The first kappa shape index (κ1) is 9.50. The van der Waals surface area contributed by atoms with E-state index in [1.54, 1.807) is 12.1 Å². The topological polar surface area (TPSA) is 49.8 Å². The summed E-state index contributed by atoms with van der Waals surface area (Å²) in [5, 5.41) is 8.66. The van der Waals surface area contributed by atoms with E-state index in [-0.39, 0.29) is 6.04 Å². The SMILES string of the molecule is C=CCC(N)c1cccc(C#N)c1. The molecule has 0 spiro atoms. The van der Waals surface area contributed by atoms with E-state index in [0.29, 0.717) is 5.56 Å². The highest BCUT2D eigenvalue weighted by Gasteiger charge is 2.03. The van der Waals surface area contributed by atoms with Crippen LogP contribution in [0.5, 0.6) is 0 Å². The second-order valence-electron chi connectivity index (χ2n) is 2.87. The summed E-state index contributed by atoms with van der Waals surface area (Å²) in [6, 6.07) is 9.38. The maximum atomic E-state index is 8.66. The van der Waals surface area contributed by atoms with Gasteiger partial charge in [0.2, 0.25) is 0 Å². The van der Waals surface area contributed by atoms with Crippen molar-refractivity contribution < 1.29 is 0 Å². The zero-order valence-corrected chi connectivity index (χ0v) is 7.40. The predicted octanol–water partition coefficient (Wildman–Crippen LogP) is 2.13. The van der Waals surface area contributed by atoms with Crippen molar-refractivity contribution >= 4 is 0 Å². The third-order valence-electron chi connectivity index (χ3n) is 1.86. The Kier molecular flexibility index (Phi) is 3.24. The minimum Gasteiger partial charge on any atom is -0.324 e. The Balaban J connectivity index is 2.89. The van der Waals surface area contributed by atoms with Gasteiger partial charge in [-0.3, -0.25) is 0 Å². The van der Waals surface area contributed by atoms with Crippen LogP contribution in [0.4, 0.5) is 0 Å². The van der Waals surface area contributed by atoms with E-state index < -0.39 is 0 Å². The second kappa shape index (κ2) is 4.44. The molecule has 0 aromatic heterocycles. The number of hydrogen-bond donors (Lipinski definition) is 1. The zero-order chi connectivity index (χ0) is 9.68. The highest BCUT2D eigenvalue weighted by molar-refractivity contribution is 5.34. The van der Waals surface area contributed by atoms with Crippen molar-refractivity contribution in [1.82, 2.24) is 0 Å². The molecule has 0 saturated heterocycles. The van der Waals surface area contributed by atoms with Gasteiger partial charge in [-0.2, -0.15) is 5.26 Å². The first-order valence-electron chi connectivity index (χ1n) is 4.14. The van der Waals surface area contributed by atoms with Gasteiger partial charge in [-0.1, -0.05) is 18.2 Å². The van der Waals surface area contributed by atoms with E-state index in [4.69, 9.17) is 11.0 Å². The first-order valence-corrected chi connectivity index (χ1v) is 4.14. The van der Waals surface area contributed by atoms with Crippen LogP contribution in [0.1, 0.15) is 23.6 Å². The van der Waals surface area contributed by atoms with Crippen LogP contribution in [0.25, 0.3) is 0 Å². The van der Waals surface area contributed by atoms with Gasteiger partial charge in [0.1, 0.15) is 0 Å². The minimum absolute atomic E-state index is 0.0502. The second-order valence-corrected chi connectivity index (χ2v) is 2.87. The standard InChI is InChI=1S/C11H12N2/c1-2-4-11(13)10-6-3-5-9(7-10)8-12/h2-3,5-7,11H,1,4,13H2. The van der Waals surface area contributed by atoms with Gasteiger partial charge < -0.3 is 5.73 Å². The van der Waals surface area contributed by atoms with Gasteiger partial charge in [-0.05, 0) is 24.1 Å². The molecule has 0 fully saturated rings. The van der Waals surface area contributed by atoms with E-state index in [9.17, 15) is 0 Å². The summed E-state index contributed by atoms with van der Waals surface area (Å²) in [6.07, 6.45) is 2.51. The quantitative estimate of drug-likeness (QED) is 0.710. The van der Waals surface area contributed by atoms with Crippen molar-refractivity contribution in [2.45, 2.75) is 12.5 Å². The van der Waals surface area contributed by atoms with Gasteiger partial charge in [0.25, 0.3) is 0 Å². The highest BCUT2D eigenvalue weighted by atomic mass is 14.6. The van der Waals surface area contributed by atoms with Gasteiger partial charge in [-0.25, -0.2) is 0 Å². The van der Waals surface area contributed by atoms with E-state index in [1.165, 1.54) is 0 Å². The molecule has 0 saturated carbocycles. The molecule has 0 heterocycles. The van der Waals surface area contributed by atoms with Crippen LogP contribution in [0.15, 0.2) is 36.9 Å².